The molecule has 0 saturated carbocycles. The van der Waals surface area contributed by atoms with Gasteiger partial charge in [0.25, 0.3) is 0 Å². The molecule has 0 amide bonds. The number of anilines is 4. The predicted octanol–water partition coefficient (Wildman–Crippen LogP) is 7.15. The molecule has 4 aromatic rings. The fraction of sp³-hybridized carbons (Fsp3) is 0.240. The fourth-order valence-corrected chi connectivity index (χ4v) is 4.30. The van der Waals surface area contributed by atoms with Crippen LogP contribution in [0.2, 0.25) is 10.0 Å². The van der Waals surface area contributed by atoms with Crippen LogP contribution in [0.4, 0.5) is 23.0 Å². The number of rotatable bonds is 8. The number of ether oxygens (including phenoxy) is 2. The lowest BCUT2D eigenvalue weighted by Crippen LogP contribution is -2.22. The van der Waals surface area contributed by atoms with Gasteiger partial charge in [0.15, 0.2) is 0 Å². The topological polar surface area (TPSA) is 51.6 Å². The summed E-state index contributed by atoms with van der Waals surface area (Å²) in [6.45, 7) is 3.23. The van der Waals surface area contributed by atoms with Crippen molar-refractivity contribution in [1.82, 2.24) is 9.55 Å². The molecule has 0 aliphatic rings. The van der Waals surface area contributed by atoms with Gasteiger partial charge in [-0.2, -0.15) is 0 Å². The first-order chi connectivity index (χ1) is 15.9. The van der Waals surface area contributed by atoms with Crippen LogP contribution in [0.1, 0.15) is 5.56 Å². The Kier molecular flexibility index (Phi) is 8.55. The Morgan fingerprint density at radius 1 is 1.03 bits per heavy atom. The van der Waals surface area contributed by atoms with Crippen molar-refractivity contribution in [2.24, 2.45) is 7.05 Å². The van der Waals surface area contributed by atoms with E-state index < -0.39 is 0 Å². The van der Waals surface area contributed by atoms with E-state index >= 15 is 0 Å². The molecule has 0 aliphatic carbocycles. The van der Waals surface area contributed by atoms with Gasteiger partial charge >= 0.3 is 0 Å². The minimum absolute atomic E-state index is 0. The Labute approximate surface area is 215 Å². The number of hydrogen-bond acceptors (Lipinski definition) is 5. The van der Waals surface area contributed by atoms with Crippen molar-refractivity contribution in [2.75, 3.05) is 37.6 Å². The highest BCUT2D eigenvalue weighted by molar-refractivity contribution is 6.31. The van der Waals surface area contributed by atoms with Gasteiger partial charge in [0.2, 0.25) is 5.95 Å². The second kappa shape index (κ2) is 11.2. The Hall–Kier alpha value is -2.64. The summed E-state index contributed by atoms with van der Waals surface area (Å²) >= 11 is 12.3. The monoisotopic (exact) mass is 520 g/mol. The number of aromatic nitrogens is 2. The molecule has 1 N–H and O–H groups in total. The number of aryl methyl sites for hydroxylation is 2. The van der Waals surface area contributed by atoms with Crippen LogP contribution in [0.3, 0.4) is 0 Å². The molecule has 9 heteroatoms. The highest BCUT2D eigenvalue weighted by atomic mass is 35.5. The van der Waals surface area contributed by atoms with E-state index in [0.717, 1.165) is 33.7 Å². The molecule has 0 fully saturated rings. The van der Waals surface area contributed by atoms with E-state index in [4.69, 9.17) is 37.7 Å². The van der Waals surface area contributed by atoms with E-state index in [9.17, 15) is 0 Å². The Balaban J connectivity index is 0.00000324. The van der Waals surface area contributed by atoms with Crippen molar-refractivity contribution >= 4 is 69.7 Å². The zero-order valence-corrected chi connectivity index (χ0v) is 21.8. The number of halogens is 3. The van der Waals surface area contributed by atoms with Gasteiger partial charge in [0.1, 0.15) is 5.75 Å². The summed E-state index contributed by atoms with van der Waals surface area (Å²) < 4.78 is 13.0. The SMILES string of the molecule is COCCN(c1ccc(Cl)cc1)c1cccc2nc(Nc3c(C)cc(Cl)cc3OC)n(C)c12.Cl. The highest BCUT2D eigenvalue weighted by Crippen LogP contribution is 2.37. The number of methoxy groups -OCH3 is 2. The molecule has 1 aromatic heterocycles. The quantitative estimate of drug-likeness (QED) is 0.267. The van der Waals surface area contributed by atoms with Crippen LogP contribution < -0.4 is 15.0 Å². The molecule has 180 valence electrons. The van der Waals surface area contributed by atoms with Crippen LogP contribution in [-0.4, -0.2) is 36.9 Å². The molecule has 0 radical (unpaired) electrons. The summed E-state index contributed by atoms with van der Waals surface area (Å²) in [5.74, 6) is 1.36. The third kappa shape index (κ3) is 5.20. The number of nitrogens with zero attached hydrogens (tertiary/aromatic N) is 3. The van der Waals surface area contributed by atoms with Crippen LogP contribution in [0.25, 0.3) is 11.0 Å². The first kappa shape index (κ1) is 26.0. The predicted molar refractivity (Wildman–Crippen MR) is 144 cm³/mol. The van der Waals surface area contributed by atoms with Gasteiger partial charge in [-0.3, -0.25) is 0 Å². The maximum absolute atomic E-state index is 6.21. The standard InChI is InChI=1S/C25H26Cl2N4O2.ClH/c1-16-14-18(27)15-22(33-4)23(16)29-25-28-20-6-5-7-21(24(20)30(25)2)31(12-13-32-3)19-10-8-17(26)9-11-19;/h5-11,14-15H,12-13H2,1-4H3,(H,28,29);1H. The van der Waals surface area contributed by atoms with E-state index in [0.29, 0.717) is 34.9 Å². The molecular formula is C25H27Cl3N4O2. The molecule has 0 spiro atoms. The van der Waals surface area contributed by atoms with E-state index in [1.54, 1.807) is 20.3 Å². The maximum atomic E-state index is 6.21. The van der Waals surface area contributed by atoms with Crippen LogP contribution in [0.15, 0.2) is 54.6 Å². The van der Waals surface area contributed by atoms with E-state index in [1.807, 2.05) is 61.0 Å². The van der Waals surface area contributed by atoms with Crippen LogP contribution in [0.5, 0.6) is 5.75 Å². The highest BCUT2D eigenvalue weighted by Gasteiger charge is 2.19. The zero-order valence-electron chi connectivity index (χ0n) is 19.4. The normalized spacial score (nSPS) is 10.8. The number of nitrogens with one attached hydrogen (secondary N) is 1. The van der Waals surface area contributed by atoms with Crippen LogP contribution >= 0.6 is 35.6 Å². The number of hydrogen-bond donors (Lipinski definition) is 1. The summed E-state index contributed by atoms with van der Waals surface area (Å²) in [6, 6.07) is 17.6. The van der Waals surface area contributed by atoms with Crippen LogP contribution in [-0.2, 0) is 11.8 Å². The van der Waals surface area contributed by atoms with Crippen molar-refractivity contribution in [3.63, 3.8) is 0 Å². The second-order valence-corrected chi connectivity index (χ2v) is 8.56. The van der Waals surface area contributed by atoms with Crippen molar-refractivity contribution in [3.8, 4) is 5.75 Å². The van der Waals surface area contributed by atoms with Gasteiger partial charge in [-0.1, -0.05) is 29.3 Å². The van der Waals surface area contributed by atoms with Crippen molar-refractivity contribution < 1.29 is 9.47 Å². The summed E-state index contributed by atoms with van der Waals surface area (Å²) in [5.41, 5.74) is 5.71. The minimum atomic E-state index is 0. The van der Waals surface area contributed by atoms with Crippen molar-refractivity contribution in [1.29, 1.82) is 0 Å². The third-order valence-electron chi connectivity index (χ3n) is 5.54. The first-order valence-corrected chi connectivity index (χ1v) is 11.3. The smallest absolute Gasteiger partial charge is 0.208 e. The molecule has 1 heterocycles. The van der Waals surface area contributed by atoms with Gasteiger partial charge in [-0.15, -0.1) is 12.4 Å². The summed E-state index contributed by atoms with van der Waals surface area (Å²) in [4.78, 5) is 7.07. The van der Waals surface area contributed by atoms with Gasteiger partial charge in [0.05, 0.1) is 36.1 Å². The fourth-order valence-electron chi connectivity index (χ4n) is 3.92. The van der Waals surface area contributed by atoms with E-state index in [-0.39, 0.29) is 12.4 Å². The molecule has 0 unspecified atom stereocenters. The molecular weight excluding hydrogens is 495 g/mol. The molecule has 0 aliphatic heterocycles. The summed E-state index contributed by atoms with van der Waals surface area (Å²) in [5, 5.41) is 4.76. The van der Waals surface area contributed by atoms with Gasteiger partial charge in [0, 0.05) is 42.5 Å². The number of benzene rings is 3. The molecule has 6 nitrogen and oxygen atoms in total. The van der Waals surface area contributed by atoms with Gasteiger partial charge in [-0.25, -0.2) is 4.98 Å². The molecule has 0 saturated heterocycles. The first-order valence-electron chi connectivity index (χ1n) is 10.5. The van der Waals surface area contributed by atoms with Crippen molar-refractivity contribution in [3.05, 3.63) is 70.2 Å². The maximum Gasteiger partial charge on any atom is 0.208 e. The van der Waals surface area contributed by atoms with E-state index in [1.165, 1.54) is 0 Å². The second-order valence-electron chi connectivity index (χ2n) is 7.69. The number of imidazole rings is 1. The Bertz CT molecular complexity index is 1280. The molecule has 3 aromatic carbocycles. The average Bonchev–Trinajstić information content (AvgIpc) is 3.12. The number of fused-ring (bicyclic) bond motifs is 1. The lowest BCUT2D eigenvalue weighted by atomic mass is 10.2. The van der Waals surface area contributed by atoms with Crippen LogP contribution in [0, 0.1) is 6.92 Å². The summed E-state index contributed by atoms with van der Waals surface area (Å²) in [6.07, 6.45) is 0. The largest absolute Gasteiger partial charge is 0.495 e. The lowest BCUT2D eigenvalue weighted by Gasteiger charge is -2.26. The third-order valence-corrected chi connectivity index (χ3v) is 6.01. The Morgan fingerprint density at radius 3 is 2.44 bits per heavy atom. The average molecular weight is 522 g/mol. The zero-order chi connectivity index (χ0) is 23.5. The van der Waals surface area contributed by atoms with E-state index in [2.05, 4.69) is 16.3 Å². The molecule has 4 rings (SSSR count). The number of para-hydroxylation sites is 1. The Morgan fingerprint density at radius 2 is 1.76 bits per heavy atom. The molecule has 0 bridgehead atoms. The van der Waals surface area contributed by atoms with Crippen molar-refractivity contribution in [2.45, 2.75) is 6.92 Å². The minimum Gasteiger partial charge on any atom is -0.495 e. The molecule has 0 atom stereocenters. The molecule has 34 heavy (non-hydrogen) atoms. The summed E-state index contributed by atoms with van der Waals surface area (Å²) in [7, 11) is 5.33. The lowest BCUT2D eigenvalue weighted by molar-refractivity contribution is 0.207. The van der Waals surface area contributed by atoms with Gasteiger partial charge < -0.3 is 24.3 Å². The van der Waals surface area contributed by atoms with Gasteiger partial charge in [-0.05, 0) is 55.0 Å².